The molecule has 5 heteroatoms. The van der Waals surface area contributed by atoms with E-state index in [1.54, 1.807) is 43.1 Å². The van der Waals surface area contributed by atoms with Crippen LogP contribution < -0.4 is 5.32 Å². The largest absolute Gasteiger partial charge is 0.389 e. The van der Waals surface area contributed by atoms with Gasteiger partial charge in [0.1, 0.15) is 0 Å². The Labute approximate surface area is 120 Å². The Morgan fingerprint density at radius 1 is 1.30 bits per heavy atom. The van der Waals surface area contributed by atoms with Gasteiger partial charge >= 0.3 is 6.03 Å². The minimum absolute atomic E-state index is 0.166. The van der Waals surface area contributed by atoms with E-state index in [9.17, 15) is 9.90 Å². The molecule has 0 heterocycles. The topological polar surface area (TPSA) is 61.8 Å². The van der Waals surface area contributed by atoms with Gasteiger partial charge in [-0.25, -0.2) is 4.79 Å². The highest BCUT2D eigenvalue weighted by Crippen LogP contribution is 2.15. The van der Waals surface area contributed by atoms with E-state index in [4.69, 9.17) is 4.74 Å². The van der Waals surface area contributed by atoms with Crippen molar-refractivity contribution in [1.82, 2.24) is 4.90 Å². The molecular formula is C15H24N2O3. The van der Waals surface area contributed by atoms with Crippen molar-refractivity contribution in [2.45, 2.75) is 33.0 Å². The molecule has 0 spiro atoms. The number of hydrogen-bond donors (Lipinski definition) is 2. The minimum Gasteiger partial charge on any atom is -0.389 e. The van der Waals surface area contributed by atoms with Crippen LogP contribution in [-0.4, -0.2) is 42.3 Å². The van der Waals surface area contributed by atoms with Gasteiger partial charge in [0.2, 0.25) is 0 Å². The zero-order chi connectivity index (χ0) is 15.1. The zero-order valence-electron chi connectivity index (χ0n) is 12.6. The zero-order valence-corrected chi connectivity index (χ0v) is 12.6. The number of ether oxygens (including phenoxy) is 1. The second-order valence-electron chi connectivity index (χ2n) is 5.07. The van der Waals surface area contributed by atoms with E-state index in [0.29, 0.717) is 18.8 Å². The van der Waals surface area contributed by atoms with Crippen LogP contribution in [0, 0.1) is 0 Å². The predicted octanol–water partition coefficient (Wildman–Crippen LogP) is 2.63. The molecule has 20 heavy (non-hydrogen) atoms. The molecule has 1 aromatic carbocycles. The number of benzene rings is 1. The smallest absolute Gasteiger partial charge is 0.321 e. The second kappa shape index (κ2) is 7.87. The average molecular weight is 280 g/mol. The Morgan fingerprint density at radius 2 is 1.90 bits per heavy atom. The van der Waals surface area contributed by atoms with Crippen molar-refractivity contribution < 1.29 is 14.6 Å². The van der Waals surface area contributed by atoms with Crippen molar-refractivity contribution in [2.24, 2.45) is 0 Å². The van der Waals surface area contributed by atoms with E-state index in [2.05, 4.69) is 5.32 Å². The van der Waals surface area contributed by atoms with Gasteiger partial charge in [-0.3, -0.25) is 0 Å². The summed E-state index contributed by atoms with van der Waals surface area (Å²) in [4.78, 5) is 13.5. The third-order valence-corrected chi connectivity index (χ3v) is 2.87. The molecule has 2 amide bonds. The van der Waals surface area contributed by atoms with Crippen LogP contribution in [0.4, 0.5) is 10.5 Å². The number of likely N-dealkylation sites (N-methyl/N-ethyl adjacent to an activating group) is 1. The summed E-state index contributed by atoms with van der Waals surface area (Å²) in [7, 11) is 1.73. The Balaban J connectivity index is 2.44. The van der Waals surface area contributed by atoms with Crippen LogP contribution in [0.3, 0.4) is 0 Å². The summed E-state index contributed by atoms with van der Waals surface area (Å²) in [5.74, 6) is 0. The molecule has 0 aliphatic heterocycles. The molecule has 0 radical (unpaired) electrons. The first-order valence-electron chi connectivity index (χ1n) is 6.82. The SMILES string of the molecule is CC(C)OCCN(C)C(=O)Nc1ccc(C(C)O)cc1. The maximum atomic E-state index is 11.9. The third-order valence-electron chi connectivity index (χ3n) is 2.87. The maximum Gasteiger partial charge on any atom is 0.321 e. The van der Waals surface area contributed by atoms with Crippen molar-refractivity contribution in [3.63, 3.8) is 0 Å². The number of nitrogens with zero attached hydrogens (tertiary/aromatic N) is 1. The van der Waals surface area contributed by atoms with Gasteiger partial charge in [0.25, 0.3) is 0 Å². The number of hydrogen-bond acceptors (Lipinski definition) is 3. The molecule has 0 saturated heterocycles. The van der Waals surface area contributed by atoms with Gasteiger partial charge in [0, 0.05) is 19.3 Å². The molecule has 0 bridgehead atoms. The number of rotatable bonds is 6. The number of aliphatic hydroxyl groups is 1. The lowest BCUT2D eigenvalue weighted by molar-refractivity contribution is 0.0691. The van der Waals surface area contributed by atoms with Crippen molar-refractivity contribution in [3.05, 3.63) is 29.8 Å². The maximum absolute atomic E-state index is 11.9. The van der Waals surface area contributed by atoms with Gasteiger partial charge < -0.3 is 20.1 Å². The normalized spacial score (nSPS) is 12.3. The predicted molar refractivity (Wildman–Crippen MR) is 79.8 cm³/mol. The van der Waals surface area contributed by atoms with Gasteiger partial charge in [-0.15, -0.1) is 0 Å². The molecule has 0 saturated carbocycles. The van der Waals surface area contributed by atoms with E-state index in [0.717, 1.165) is 5.56 Å². The molecular weight excluding hydrogens is 256 g/mol. The number of urea groups is 1. The standard InChI is InChI=1S/C15H24N2O3/c1-11(2)20-10-9-17(4)15(19)16-14-7-5-13(6-8-14)12(3)18/h5-8,11-12,18H,9-10H2,1-4H3,(H,16,19). The number of amides is 2. The molecule has 1 unspecified atom stereocenters. The first kappa shape index (κ1) is 16.5. The second-order valence-corrected chi connectivity index (χ2v) is 5.07. The molecule has 0 aliphatic carbocycles. The van der Waals surface area contributed by atoms with E-state index in [1.807, 2.05) is 13.8 Å². The van der Waals surface area contributed by atoms with Crippen molar-refractivity contribution in [3.8, 4) is 0 Å². The molecule has 1 rings (SSSR count). The first-order chi connectivity index (χ1) is 9.40. The summed E-state index contributed by atoms with van der Waals surface area (Å²) in [5.41, 5.74) is 1.53. The average Bonchev–Trinajstić information content (AvgIpc) is 2.38. The lowest BCUT2D eigenvalue weighted by atomic mass is 10.1. The summed E-state index contributed by atoms with van der Waals surface area (Å²) in [6, 6.07) is 6.96. The fraction of sp³-hybridized carbons (Fsp3) is 0.533. The van der Waals surface area contributed by atoms with Crippen LogP contribution in [0.2, 0.25) is 0 Å². The quantitative estimate of drug-likeness (QED) is 0.842. The van der Waals surface area contributed by atoms with E-state index in [-0.39, 0.29) is 12.1 Å². The Bertz CT molecular complexity index is 416. The number of anilines is 1. The highest BCUT2D eigenvalue weighted by molar-refractivity contribution is 5.89. The van der Waals surface area contributed by atoms with Crippen LogP contribution in [0.25, 0.3) is 0 Å². The summed E-state index contributed by atoms with van der Waals surface area (Å²) in [5, 5.41) is 12.2. The Hall–Kier alpha value is -1.59. The number of carbonyl (C=O) groups excluding carboxylic acids is 1. The lowest BCUT2D eigenvalue weighted by Crippen LogP contribution is -2.34. The van der Waals surface area contributed by atoms with Crippen LogP contribution in [0.1, 0.15) is 32.4 Å². The van der Waals surface area contributed by atoms with Gasteiger partial charge in [0.15, 0.2) is 0 Å². The van der Waals surface area contributed by atoms with Gasteiger partial charge in [-0.05, 0) is 38.5 Å². The highest BCUT2D eigenvalue weighted by atomic mass is 16.5. The first-order valence-corrected chi connectivity index (χ1v) is 6.82. The molecule has 0 aromatic heterocycles. The molecule has 0 fully saturated rings. The summed E-state index contributed by atoms with van der Waals surface area (Å²) >= 11 is 0. The molecule has 5 nitrogen and oxygen atoms in total. The van der Waals surface area contributed by atoms with Crippen molar-refractivity contribution >= 4 is 11.7 Å². The fourth-order valence-electron chi connectivity index (χ4n) is 1.59. The van der Waals surface area contributed by atoms with Gasteiger partial charge in [-0.2, -0.15) is 0 Å². The number of aliphatic hydroxyl groups excluding tert-OH is 1. The molecule has 2 N–H and O–H groups in total. The van der Waals surface area contributed by atoms with Crippen molar-refractivity contribution in [2.75, 3.05) is 25.5 Å². The Kier molecular flexibility index (Phi) is 6.48. The van der Waals surface area contributed by atoms with E-state index < -0.39 is 6.10 Å². The van der Waals surface area contributed by atoms with Crippen molar-refractivity contribution in [1.29, 1.82) is 0 Å². The summed E-state index contributed by atoms with van der Waals surface area (Å²) in [6.45, 7) is 6.68. The lowest BCUT2D eigenvalue weighted by Gasteiger charge is -2.19. The van der Waals surface area contributed by atoms with Crippen LogP contribution in [0.15, 0.2) is 24.3 Å². The molecule has 0 aliphatic rings. The molecule has 1 aromatic rings. The minimum atomic E-state index is -0.504. The van der Waals surface area contributed by atoms with E-state index >= 15 is 0 Å². The van der Waals surface area contributed by atoms with Crippen LogP contribution in [0.5, 0.6) is 0 Å². The van der Waals surface area contributed by atoms with Crippen LogP contribution >= 0.6 is 0 Å². The summed E-state index contributed by atoms with van der Waals surface area (Å²) < 4.78 is 5.41. The fourth-order valence-corrected chi connectivity index (χ4v) is 1.59. The highest BCUT2D eigenvalue weighted by Gasteiger charge is 2.09. The van der Waals surface area contributed by atoms with Crippen LogP contribution in [-0.2, 0) is 4.74 Å². The summed E-state index contributed by atoms with van der Waals surface area (Å²) in [6.07, 6.45) is -0.338. The van der Waals surface area contributed by atoms with E-state index in [1.165, 1.54) is 0 Å². The van der Waals surface area contributed by atoms with Gasteiger partial charge in [0.05, 0.1) is 18.8 Å². The molecule has 1 atom stereocenters. The van der Waals surface area contributed by atoms with Gasteiger partial charge in [-0.1, -0.05) is 12.1 Å². The third kappa shape index (κ3) is 5.59. The Morgan fingerprint density at radius 3 is 2.40 bits per heavy atom. The number of nitrogens with one attached hydrogen (secondary N) is 1. The molecule has 112 valence electrons. The number of carbonyl (C=O) groups is 1. The monoisotopic (exact) mass is 280 g/mol.